The fourth-order valence-electron chi connectivity index (χ4n) is 4.73. The van der Waals surface area contributed by atoms with Gasteiger partial charge >= 0.3 is 12.4 Å². The first-order valence-corrected chi connectivity index (χ1v) is 12.3. The second kappa shape index (κ2) is 11.1. The van der Waals surface area contributed by atoms with Gasteiger partial charge in [-0.25, -0.2) is 0 Å². The van der Waals surface area contributed by atoms with Gasteiger partial charge in [0.2, 0.25) is 11.8 Å². The van der Waals surface area contributed by atoms with Gasteiger partial charge in [-0.1, -0.05) is 36.4 Å². The van der Waals surface area contributed by atoms with Crippen molar-refractivity contribution in [2.45, 2.75) is 57.0 Å². The van der Waals surface area contributed by atoms with Crippen molar-refractivity contribution in [3.8, 4) is 0 Å². The fourth-order valence-corrected chi connectivity index (χ4v) is 4.73. The zero-order valence-corrected chi connectivity index (χ0v) is 20.9. The third-order valence-corrected chi connectivity index (χ3v) is 6.62. The Morgan fingerprint density at radius 2 is 1.67 bits per heavy atom. The Bertz CT molecular complexity index is 1330. The summed E-state index contributed by atoms with van der Waals surface area (Å²) in [5, 5.41) is 6.19. The number of anilines is 1. The first kappa shape index (κ1) is 28.2. The van der Waals surface area contributed by atoms with Crippen LogP contribution in [-0.4, -0.2) is 34.7 Å². The number of para-hydroxylation sites is 1. The highest BCUT2D eigenvalue weighted by atomic mass is 19.4. The SMILES string of the molecule is CN(C(=O)C(Cc1cccc(C(F)(F)F)c1)NC(=O)Cn1nc(C(F)(F)F)c2c1CCCC2)c1ccccc1. The van der Waals surface area contributed by atoms with Gasteiger partial charge in [0.1, 0.15) is 12.6 Å². The van der Waals surface area contributed by atoms with E-state index in [2.05, 4.69) is 10.4 Å². The molecule has 1 aliphatic rings. The minimum absolute atomic E-state index is 0.0713. The van der Waals surface area contributed by atoms with Crippen molar-refractivity contribution in [3.63, 3.8) is 0 Å². The molecule has 0 aliphatic heterocycles. The highest BCUT2D eigenvalue weighted by Crippen LogP contribution is 2.36. The number of likely N-dealkylation sites (N-methyl/N-ethyl adjacent to an activating group) is 1. The van der Waals surface area contributed by atoms with Crippen LogP contribution in [0.1, 0.15) is 40.9 Å². The Balaban J connectivity index is 1.60. The molecule has 2 aromatic carbocycles. The van der Waals surface area contributed by atoms with Gasteiger partial charge in [-0.3, -0.25) is 14.3 Å². The lowest BCUT2D eigenvalue weighted by atomic mass is 9.95. The highest BCUT2D eigenvalue weighted by molar-refractivity contribution is 5.99. The third-order valence-electron chi connectivity index (χ3n) is 6.62. The van der Waals surface area contributed by atoms with Gasteiger partial charge in [-0.15, -0.1) is 0 Å². The smallest absolute Gasteiger partial charge is 0.342 e. The second-order valence-corrected chi connectivity index (χ2v) is 9.39. The number of nitrogens with zero attached hydrogens (tertiary/aromatic N) is 3. The van der Waals surface area contributed by atoms with Crippen molar-refractivity contribution in [3.05, 3.63) is 82.7 Å². The Morgan fingerprint density at radius 1 is 0.974 bits per heavy atom. The number of halogens is 6. The molecule has 39 heavy (non-hydrogen) atoms. The molecule has 4 rings (SSSR count). The van der Waals surface area contributed by atoms with Crippen LogP contribution in [0.3, 0.4) is 0 Å². The van der Waals surface area contributed by atoms with E-state index in [1.165, 1.54) is 24.1 Å². The maximum atomic E-state index is 13.5. The first-order chi connectivity index (χ1) is 18.3. The quantitative estimate of drug-likeness (QED) is 0.411. The molecule has 0 fully saturated rings. The molecule has 0 bridgehead atoms. The lowest BCUT2D eigenvalue weighted by molar-refractivity contribution is -0.142. The number of hydrogen-bond donors (Lipinski definition) is 1. The van der Waals surface area contributed by atoms with Crippen molar-refractivity contribution in [2.75, 3.05) is 11.9 Å². The molecular weight excluding hydrogens is 526 g/mol. The molecule has 1 heterocycles. The maximum Gasteiger partial charge on any atom is 0.435 e. The monoisotopic (exact) mass is 552 g/mol. The molecular formula is C27H26F6N4O2. The first-order valence-electron chi connectivity index (χ1n) is 12.3. The zero-order valence-electron chi connectivity index (χ0n) is 20.9. The van der Waals surface area contributed by atoms with Crippen molar-refractivity contribution < 1.29 is 35.9 Å². The minimum Gasteiger partial charge on any atom is -0.342 e. The summed E-state index contributed by atoms with van der Waals surface area (Å²) in [6, 6.07) is 11.5. The largest absolute Gasteiger partial charge is 0.435 e. The molecule has 0 spiro atoms. The molecule has 1 N–H and O–H groups in total. The van der Waals surface area contributed by atoms with E-state index in [1.54, 1.807) is 30.3 Å². The summed E-state index contributed by atoms with van der Waals surface area (Å²) in [6.45, 7) is -0.570. The predicted molar refractivity (Wildman–Crippen MR) is 131 cm³/mol. The molecule has 1 aromatic heterocycles. The van der Waals surface area contributed by atoms with Crippen molar-refractivity contribution in [1.29, 1.82) is 0 Å². The number of benzene rings is 2. The number of fused-ring (bicyclic) bond motifs is 1. The van der Waals surface area contributed by atoms with Gasteiger partial charge in [0.05, 0.1) is 5.56 Å². The Hall–Kier alpha value is -3.83. The summed E-state index contributed by atoms with van der Waals surface area (Å²) in [7, 11) is 1.46. The Labute approximate surface area is 220 Å². The van der Waals surface area contributed by atoms with E-state index in [1.807, 2.05) is 0 Å². The van der Waals surface area contributed by atoms with E-state index >= 15 is 0 Å². The molecule has 1 atom stereocenters. The van der Waals surface area contributed by atoms with E-state index in [9.17, 15) is 35.9 Å². The van der Waals surface area contributed by atoms with Crippen LogP contribution in [0.25, 0.3) is 0 Å². The number of carbonyl (C=O) groups excluding carboxylic acids is 2. The predicted octanol–water partition coefficient (Wildman–Crippen LogP) is 5.19. The van der Waals surface area contributed by atoms with E-state index in [-0.39, 0.29) is 24.0 Å². The van der Waals surface area contributed by atoms with Gasteiger partial charge in [0, 0.05) is 30.4 Å². The molecule has 1 aliphatic carbocycles. The minimum atomic E-state index is -4.68. The van der Waals surface area contributed by atoms with Crippen LogP contribution in [-0.2, 0) is 47.7 Å². The van der Waals surface area contributed by atoms with E-state index in [4.69, 9.17) is 0 Å². The van der Waals surface area contributed by atoms with E-state index < -0.39 is 48.0 Å². The Kier molecular flexibility index (Phi) is 8.03. The number of nitrogens with one attached hydrogen (secondary N) is 1. The molecule has 1 unspecified atom stereocenters. The summed E-state index contributed by atoms with van der Waals surface area (Å²) in [6.07, 6.45) is -7.79. The summed E-state index contributed by atoms with van der Waals surface area (Å²) in [5.41, 5.74) is -0.891. The average molecular weight is 553 g/mol. The average Bonchev–Trinajstić information content (AvgIpc) is 3.26. The van der Waals surface area contributed by atoms with E-state index in [0.29, 0.717) is 30.6 Å². The lowest BCUT2D eigenvalue weighted by Gasteiger charge is -2.25. The molecule has 2 amide bonds. The molecule has 6 nitrogen and oxygen atoms in total. The summed E-state index contributed by atoms with van der Waals surface area (Å²) in [4.78, 5) is 27.7. The number of amides is 2. The lowest BCUT2D eigenvalue weighted by Crippen LogP contribution is -2.49. The molecule has 0 saturated heterocycles. The molecule has 0 saturated carbocycles. The topological polar surface area (TPSA) is 67.2 Å². The summed E-state index contributed by atoms with van der Waals surface area (Å²) >= 11 is 0. The van der Waals surface area contributed by atoms with Crippen LogP contribution < -0.4 is 10.2 Å². The van der Waals surface area contributed by atoms with E-state index in [0.717, 1.165) is 16.8 Å². The zero-order chi connectivity index (χ0) is 28.4. The molecule has 0 radical (unpaired) electrons. The number of rotatable bonds is 7. The summed E-state index contributed by atoms with van der Waals surface area (Å²) < 4.78 is 81.4. The van der Waals surface area contributed by atoms with Gasteiger partial charge in [0.15, 0.2) is 5.69 Å². The maximum absolute atomic E-state index is 13.5. The standard InChI is InChI=1S/C27H26F6N4O2/c1-36(19-10-3-2-4-11-19)25(39)21(15-17-8-7-9-18(14-17)26(28,29)30)34-23(38)16-37-22-13-6-5-12-20(22)24(35-37)27(31,32)33/h2-4,7-11,14,21H,5-6,12-13,15-16H2,1H3,(H,34,38). The summed E-state index contributed by atoms with van der Waals surface area (Å²) in [5.74, 6) is -1.39. The third kappa shape index (κ3) is 6.61. The van der Waals surface area contributed by atoms with Gasteiger partial charge in [0.25, 0.3) is 0 Å². The Morgan fingerprint density at radius 3 is 2.33 bits per heavy atom. The molecule has 208 valence electrons. The van der Waals surface area contributed by atoms with Crippen LogP contribution in [0, 0.1) is 0 Å². The highest BCUT2D eigenvalue weighted by Gasteiger charge is 2.40. The van der Waals surface area contributed by atoms with Crippen LogP contribution in [0.2, 0.25) is 0 Å². The van der Waals surface area contributed by atoms with Gasteiger partial charge < -0.3 is 10.2 Å². The van der Waals surface area contributed by atoms with Crippen molar-refractivity contribution >= 4 is 17.5 Å². The van der Waals surface area contributed by atoms with Crippen LogP contribution in [0.15, 0.2) is 54.6 Å². The van der Waals surface area contributed by atoms with Crippen LogP contribution in [0.4, 0.5) is 32.0 Å². The second-order valence-electron chi connectivity index (χ2n) is 9.39. The van der Waals surface area contributed by atoms with Crippen LogP contribution in [0.5, 0.6) is 0 Å². The molecule has 12 heteroatoms. The number of carbonyl (C=O) groups is 2. The van der Waals surface area contributed by atoms with Gasteiger partial charge in [-0.05, 0) is 49.4 Å². The number of aromatic nitrogens is 2. The number of hydrogen-bond acceptors (Lipinski definition) is 3. The fraction of sp³-hybridized carbons (Fsp3) is 0.370. The van der Waals surface area contributed by atoms with Crippen molar-refractivity contribution in [2.24, 2.45) is 0 Å². The van der Waals surface area contributed by atoms with Gasteiger partial charge in [-0.2, -0.15) is 31.4 Å². The normalized spacial score (nSPS) is 14.4. The number of alkyl halides is 6. The van der Waals surface area contributed by atoms with Crippen LogP contribution >= 0.6 is 0 Å². The van der Waals surface area contributed by atoms with Crippen molar-refractivity contribution in [1.82, 2.24) is 15.1 Å². The molecule has 3 aromatic rings.